The largest absolute Gasteiger partial charge is 0.184 e. The second-order valence-electron chi connectivity index (χ2n) is 11.9. The molecule has 6 aromatic carbocycles. The van der Waals surface area contributed by atoms with Crippen molar-refractivity contribution in [3.63, 3.8) is 0 Å². The molecule has 0 saturated carbocycles. The molecule has 0 bridgehead atoms. The molecule has 43 heavy (non-hydrogen) atoms. The van der Waals surface area contributed by atoms with Crippen LogP contribution in [0.15, 0.2) is 115 Å². The number of benzene rings is 5. The van der Waals surface area contributed by atoms with E-state index in [1.807, 2.05) is 6.07 Å². The smallest absolute Gasteiger partial charge is 0.0920 e. The molecule has 7 rings (SSSR count). The minimum atomic E-state index is -0.826. The van der Waals surface area contributed by atoms with Gasteiger partial charge < -0.3 is 0 Å². The van der Waals surface area contributed by atoms with Crippen molar-refractivity contribution in [1.29, 1.82) is 0 Å². The predicted octanol–water partition coefficient (Wildman–Crippen LogP) is 10.3. The van der Waals surface area contributed by atoms with E-state index in [2.05, 4.69) is 150 Å². The molecule has 0 aliphatic carbocycles. The molecule has 1 aliphatic rings. The molecule has 0 fully saturated rings. The Bertz CT molecular complexity index is 1780. The minimum absolute atomic E-state index is 0.0886. The third kappa shape index (κ3) is 7.38. The Labute approximate surface area is 278 Å². The summed E-state index contributed by atoms with van der Waals surface area (Å²) in [4.78, 5) is 0. The summed E-state index contributed by atoms with van der Waals surface area (Å²) >= 11 is -0.826. The molecule has 0 spiro atoms. The average Bonchev–Trinajstić information content (AvgIpc) is 3.59. The summed E-state index contributed by atoms with van der Waals surface area (Å²) in [6.07, 6.45) is 0. The Hall–Kier alpha value is -2.61. The van der Waals surface area contributed by atoms with Crippen molar-refractivity contribution in [2.24, 2.45) is 0 Å². The number of hydrogen-bond acceptors (Lipinski definition) is 0. The van der Waals surface area contributed by atoms with Crippen LogP contribution in [0.4, 0.5) is 0 Å². The van der Waals surface area contributed by atoms with Gasteiger partial charge in [-0.05, 0) is 36.0 Å². The van der Waals surface area contributed by atoms with Gasteiger partial charge in [-0.1, -0.05) is 127 Å². The molecule has 1 aliphatic heterocycles. The first-order valence-electron chi connectivity index (χ1n) is 14.4. The van der Waals surface area contributed by atoms with E-state index in [0.29, 0.717) is 0 Å². The second kappa shape index (κ2) is 14.0. The van der Waals surface area contributed by atoms with Crippen LogP contribution < -0.4 is 10.4 Å². The van der Waals surface area contributed by atoms with E-state index in [-0.39, 0.29) is 5.41 Å². The topological polar surface area (TPSA) is 0 Å². The number of aryl methyl sites for hydroxylation is 2. The quantitative estimate of drug-likeness (QED) is 0.125. The summed E-state index contributed by atoms with van der Waals surface area (Å²) < 4.78 is 0. The van der Waals surface area contributed by atoms with Crippen LogP contribution in [0.1, 0.15) is 37.5 Å². The van der Waals surface area contributed by atoms with Crippen LogP contribution in [0.5, 0.6) is 0 Å². The van der Waals surface area contributed by atoms with Crippen LogP contribution in [0.3, 0.4) is 0 Å². The first kappa shape index (κ1) is 31.8. The summed E-state index contributed by atoms with van der Waals surface area (Å²) in [7, 11) is 10.7. The molecule has 212 valence electrons. The maximum absolute atomic E-state index is 4.93. The predicted molar refractivity (Wildman–Crippen MR) is 186 cm³/mol. The molecule has 0 atom stereocenters. The van der Waals surface area contributed by atoms with Gasteiger partial charge in [-0.25, -0.2) is 0 Å². The van der Waals surface area contributed by atoms with Gasteiger partial charge in [0.2, 0.25) is 0 Å². The zero-order chi connectivity index (χ0) is 30.6. The molecule has 0 nitrogen and oxygen atoms in total. The fourth-order valence-corrected chi connectivity index (χ4v) is 7.17. The Balaban J connectivity index is 0.000000190. The molecule has 0 amide bonds. The monoisotopic (exact) mass is 690 g/mol. The fraction of sp³-hybridized carbons (Fsp3) is 0.154. The summed E-state index contributed by atoms with van der Waals surface area (Å²) in [6, 6.07) is 45.0. The van der Waals surface area contributed by atoms with Crippen molar-refractivity contribution in [1.82, 2.24) is 0 Å². The SMILES string of the molecule is Cc1cc(C)cc(-c2c(C(C)(C)C)ccc3[cH-]c(-c4ccccc4)cc23)c1.[Cl][Zr+2][Cl].[c-]1cccc2c1[Si]c1ccccc1-2. The molecule has 4 heteroatoms. The van der Waals surface area contributed by atoms with Crippen LogP contribution in [-0.2, 0) is 26.3 Å². The minimum Gasteiger partial charge on any atom is -0.184 e. The van der Waals surface area contributed by atoms with Gasteiger partial charge in [0.15, 0.2) is 0 Å². The van der Waals surface area contributed by atoms with Crippen molar-refractivity contribution < 1.29 is 20.8 Å². The van der Waals surface area contributed by atoms with E-state index in [0.717, 1.165) is 9.52 Å². The zero-order valence-electron chi connectivity index (χ0n) is 25.2. The van der Waals surface area contributed by atoms with E-state index < -0.39 is 20.8 Å². The van der Waals surface area contributed by atoms with E-state index in [1.54, 1.807) is 0 Å². The second-order valence-corrected chi connectivity index (χ2v) is 16.9. The Morgan fingerprint density at radius 1 is 0.721 bits per heavy atom. The zero-order valence-corrected chi connectivity index (χ0v) is 30.2. The Morgan fingerprint density at radius 3 is 2.07 bits per heavy atom. The number of halogens is 2. The van der Waals surface area contributed by atoms with Crippen LogP contribution >= 0.6 is 17.0 Å². The standard InChI is InChI=1S/C27H27.C12H7Si.2ClH.Zr/c1-18-13-19(2)15-23(14-18)26-24-17-22(20-9-7-6-8-10-20)16-21(24)11-12-25(26)27(3,4)5;1-3-7-11-9(5-1)10-6-2-4-8-12(10)13-11;;;/h6-17H,1-5H3;1-7H;2*1H;/q2*-1;;;+4/p-2. The molecule has 0 saturated heterocycles. The van der Waals surface area contributed by atoms with Crippen LogP contribution in [0.2, 0.25) is 0 Å². The molecular formula is C39H34Cl2SiZr. The van der Waals surface area contributed by atoms with Gasteiger partial charge in [0, 0.05) is 0 Å². The van der Waals surface area contributed by atoms with Crippen molar-refractivity contribution in [3.8, 4) is 33.4 Å². The fourth-order valence-electron chi connectivity index (χ4n) is 5.86. The summed E-state index contributed by atoms with van der Waals surface area (Å²) in [5.74, 6) is 0. The summed E-state index contributed by atoms with van der Waals surface area (Å²) in [5, 5.41) is 5.49. The number of hydrogen-bond donors (Lipinski definition) is 0. The third-order valence-electron chi connectivity index (χ3n) is 7.65. The van der Waals surface area contributed by atoms with E-state index >= 15 is 0 Å². The summed E-state index contributed by atoms with van der Waals surface area (Å²) in [6.45, 7) is 11.3. The average molecular weight is 693 g/mol. The number of rotatable bonds is 2. The van der Waals surface area contributed by atoms with E-state index in [9.17, 15) is 0 Å². The van der Waals surface area contributed by atoms with Crippen molar-refractivity contribution in [2.45, 2.75) is 40.0 Å². The maximum atomic E-state index is 4.93. The van der Waals surface area contributed by atoms with Gasteiger partial charge in [0.1, 0.15) is 0 Å². The maximum Gasteiger partial charge on any atom is 0.0920 e. The van der Waals surface area contributed by atoms with Gasteiger partial charge >= 0.3 is 37.9 Å². The normalized spacial score (nSPS) is 11.4. The first-order valence-corrected chi connectivity index (χ1v) is 21.7. The Kier molecular flexibility index (Phi) is 10.4. The molecule has 6 aromatic rings. The third-order valence-corrected chi connectivity index (χ3v) is 9.02. The van der Waals surface area contributed by atoms with E-state index in [4.69, 9.17) is 17.0 Å². The van der Waals surface area contributed by atoms with Crippen LogP contribution in [-0.4, -0.2) is 9.52 Å². The van der Waals surface area contributed by atoms with Gasteiger partial charge in [-0.2, -0.15) is 29.5 Å². The molecular weight excluding hydrogens is 659 g/mol. The molecule has 0 unspecified atom stereocenters. The van der Waals surface area contributed by atoms with E-state index in [1.165, 1.54) is 71.2 Å². The molecule has 0 N–H and O–H groups in total. The molecule has 2 radical (unpaired) electrons. The van der Waals surface area contributed by atoms with Gasteiger partial charge in [0.05, 0.1) is 9.52 Å². The van der Waals surface area contributed by atoms with Gasteiger partial charge in [-0.3, -0.25) is 0 Å². The van der Waals surface area contributed by atoms with Gasteiger partial charge in [0.25, 0.3) is 0 Å². The van der Waals surface area contributed by atoms with Crippen molar-refractivity contribution >= 4 is 47.7 Å². The molecule has 1 heterocycles. The first-order chi connectivity index (χ1) is 20.7. The van der Waals surface area contributed by atoms with Crippen molar-refractivity contribution in [2.75, 3.05) is 0 Å². The molecule has 0 aromatic heterocycles. The Morgan fingerprint density at radius 2 is 1.37 bits per heavy atom. The van der Waals surface area contributed by atoms with Gasteiger partial charge in [-0.15, -0.1) is 40.1 Å². The number of fused-ring (bicyclic) bond motifs is 4. The summed E-state index contributed by atoms with van der Waals surface area (Å²) in [5.41, 5.74) is 12.2. The van der Waals surface area contributed by atoms with Crippen LogP contribution in [0.25, 0.3) is 44.2 Å². The van der Waals surface area contributed by atoms with Crippen molar-refractivity contribution in [3.05, 3.63) is 138 Å². The van der Waals surface area contributed by atoms with Crippen LogP contribution in [0, 0.1) is 19.9 Å².